The molecule has 0 aromatic heterocycles. The molecule has 0 radical (unpaired) electrons. The molecule has 0 N–H and O–H groups in total. The lowest BCUT2D eigenvalue weighted by molar-refractivity contribution is -0.143. The monoisotopic (exact) mass is 930 g/mol. The maximum atomic E-state index is 14.9. The van der Waals surface area contributed by atoms with Crippen molar-refractivity contribution in [3.05, 3.63) is 191 Å². The molecular weight excluding hydrogens is 889 g/mol. The highest BCUT2D eigenvalue weighted by Gasteiger charge is 2.39. The number of hydrogen-bond donors (Lipinski definition) is 0. The van der Waals surface area contributed by atoms with Gasteiger partial charge in [-0.25, -0.2) is 26.3 Å². The molecule has 0 bridgehead atoms. The summed E-state index contributed by atoms with van der Waals surface area (Å²) in [6, 6.07) is 34.1. The molecule has 0 spiro atoms. The fourth-order valence-electron chi connectivity index (χ4n) is 8.08. The average molecular weight is 931 g/mol. The lowest BCUT2D eigenvalue weighted by Crippen LogP contribution is -2.11. The Labute approximate surface area is 379 Å². The number of halogens is 12. The van der Waals surface area contributed by atoms with Crippen molar-refractivity contribution in [3.63, 3.8) is 0 Å². The Morgan fingerprint density at radius 1 is 0.313 bits per heavy atom. The zero-order chi connectivity index (χ0) is 48.2. The molecular formula is C55H42F12. The summed E-state index contributed by atoms with van der Waals surface area (Å²) in [5.41, 5.74) is 0.143. The van der Waals surface area contributed by atoms with Crippen molar-refractivity contribution in [1.82, 2.24) is 0 Å². The van der Waals surface area contributed by atoms with Gasteiger partial charge in [0.1, 0.15) is 46.0 Å². The summed E-state index contributed by atoms with van der Waals surface area (Å²) in [5.74, 6) is -8.71. The second kappa shape index (κ2) is 20.1. The Morgan fingerprint density at radius 2 is 0.627 bits per heavy atom. The number of rotatable bonds is 11. The van der Waals surface area contributed by atoms with Crippen LogP contribution in [0, 0.1) is 34.9 Å². The number of aryl methyl sites for hydroxylation is 2. The van der Waals surface area contributed by atoms with Crippen molar-refractivity contribution >= 4 is 21.5 Å². The summed E-state index contributed by atoms with van der Waals surface area (Å²) in [7, 11) is 0. The first-order valence-electron chi connectivity index (χ1n) is 21.6. The van der Waals surface area contributed by atoms with Crippen molar-refractivity contribution in [1.29, 1.82) is 0 Å². The first-order valence-corrected chi connectivity index (χ1v) is 21.6. The predicted octanol–water partition coefficient (Wildman–Crippen LogP) is 18.3. The molecule has 8 aromatic carbocycles. The van der Waals surface area contributed by atoms with Crippen LogP contribution in [0.2, 0.25) is 0 Å². The van der Waals surface area contributed by atoms with Crippen LogP contribution in [0.5, 0.6) is 0 Å². The van der Waals surface area contributed by atoms with Gasteiger partial charge in [-0.1, -0.05) is 118 Å². The smallest absolute Gasteiger partial charge is 0.206 e. The van der Waals surface area contributed by atoms with Gasteiger partial charge in [-0.2, -0.15) is 26.3 Å². The van der Waals surface area contributed by atoms with Crippen molar-refractivity contribution in [3.8, 4) is 44.5 Å². The van der Waals surface area contributed by atoms with E-state index in [1.54, 1.807) is 12.1 Å². The van der Waals surface area contributed by atoms with Crippen LogP contribution in [-0.4, -0.2) is 0 Å². The maximum Gasteiger partial charge on any atom is 0.422 e. The molecule has 0 unspecified atom stereocenters. The van der Waals surface area contributed by atoms with Crippen molar-refractivity contribution < 1.29 is 52.7 Å². The summed E-state index contributed by atoms with van der Waals surface area (Å²) >= 11 is 0. The van der Waals surface area contributed by atoms with Crippen LogP contribution in [-0.2, 0) is 25.2 Å². The Morgan fingerprint density at radius 3 is 0.985 bits per heavy atom. The van der Waals surface area contributed by atoms with Gasteiger partial charge in [-0.05, 0) is 140 Å². The summed E-state index contributed by atoms with van der Waals surface area (Å²) in [4.78, 5) is 0. The molecule has 346 valence electrons. The van der Waals surface area contributed by atoms with Gasteiger partial charge in [-0.3, -0.25) is 0 Å². The maximum absolute atomic E-state index is 14.9. The Kier molecular flexibility index (Phi) is 14.5. The second-order valence-electron chi connectivity index (χ2n) is 16.4. The minimum Gasteiger partial charge on any atom is -0.206 e. The number of hydrogen-bond acceptors (Lipinski definition) is 0. The van der Waals surface area contributed by atoms with E-state index in [-0.39, 0.29) is 22.3 Å². The molecule has 8 rings (SSSR count). The SMILES string of the molecule is CCCCCc1ccc2cc(-c3ccc(-c4cc(F)c(C(F)(F)F)c(F)c4)c(F)c3)ccc2c1.CCCCc1ccc2cc(-c3ccc(-c4cc(F)c(C(F)(F)F)c(F)c4)c(F)c3)ccc2c1. The normalized spacial score (nSPS) is 11.9. The molecule has 0 amide bonds. The van der Waals surface area contributed by atoms with E-state index in [2.05, 4.69) is 38.1 Å². The highest BCUT2D eigenvalue weighted by Crippen LogP contribution is 2.39. The highest BCUT2D eigenvalue weighted by atomic mass is 19.4. The van der Waals surface area contributed by atoms with Crippen molar-refractivity contribution in [2.24, 2.45) is 0 Å². The fraction of sp³-hybridized carbons (Fsp3) is 0.200. The lowest BCUT2D eigenvalue weighted by atomic mass is 9.96. The Bertz CT molecular complexity index is 3030. The Balaban J connectivity index is 0.000000199. The topological polar surface area (TPSA) is 0 Å². The molecule has 67 heavy (non-hydrogen) atoms. The standard InChI is InChI=1S/C28H22F6.C27H20F6/c1-2-3-4-5-17-6-7-19-13-20(9-8-18(19)12-17)21-10-11-23(24(29)14-21)22-15-25(30)27(26(31)16-22)28(32,33)34;1-2-3-4-16-5-6-18-12-19(8-7-17(18)11-16)20-9-10-22(23(28)13-20)21-14-24(29)26(25(30)15-21)27(31,32)33/h6-16H,2-5H2,1H3;5-15H,2-4H2,1H3. The number of alkyl halides is 6. The van der Waals surface area contributed by atoms with E-state index < -0.39 is 58.4 Å². The van der Waals surface area contributed by atoms with E-state index >= 15 is 0 Å². The van der Waals surface area contributed by atoms with Gasteiger partial charge in [0.2, 0.25) is 0 Å². The molecule has 0 saturated heterocycles. The van der Waals surface area contributed by atoms with Gasteiger partial charge in [0.15, 0.2) is 0 Å². The van der Waals surface area contributed by atoms with Gasteiger partial charge in [0.05, 0.1) is 0 Å². The lowest BCUT2D eigenvalue weighted by Gasteiger charge is -2.12. The van der Waals surface area contributed by atoms with Crippen LogP contribution in [0.4, 0.5) is 52.7 Å². The van der Waals surface area contributed by atoms with E-state index in [4.69, 9.17) is 0 Å². The molecule has 0 atom stereocenters. The van der Waals surface area contributed by atoms with Crippen LogP contribution >= 0.6 is 0 Å². The molecule has 8 aromatic rings. The van der Waals surface area contributed by atoms with E-state index in [1.807, 2.05) is 48.5 Å². The van der Waals surface area contributed by atoms with Crippen LogP contribution in [0.25, 0.3) is 66.1 Å². The Hall–Kier alpha value is -6.56. The number of fused-ring (bicyclic) bond motifs is 2. The van der Waals surface area contributed by atoms with Gasteiger partial charge in [-0.15, -0.1) is 0 Å². The zero-order valence-electron chi connectivity index (χ0n) is 36.2. The first kappa shape index (κ1) is 48.4. The summed E-state index contributed by atoms with van der Waals surface area (Å²) in [6.45, 7) is 4.31. The van der Waals surface area contributed by atoms with E-state index in [0.29, 0.717) is 35.4 Å². The third-order valence-electron chi connectivity index (χ3n) is 11.6. The molecule has 0 aliphatic carbocycles. The van der Waals surface area contributed by atoms with Gasteiger partial charge < -0.3 is 0 Å². The van der Waals surface area contributed by atoms with E-state index in [9.17, 15) is 52.7 Å². The molecule has 12 heteroatoms. The van der Waals surface area contributed by atoms with Crippen LogP contribution in [0.3, 0.4) is 0 Å². The van der Waals surface area contributed by atoms with E-state index in [0.717, 1.165) is 71.2 Å². The van der Waals surface area contributed by atoms with Crippen LogP contribution < -0.4 is 0 Å². The van der Waals surface area contributed by atoms with Crippen molar-refractivity contribution in [2.75, 3.05) is 0 Å². The minimum absolute atomic E-state index is 0.187. The average Bonchev–Trinajstić information content (AvgIpc) is 3.26. The molecule has 0 fully saturated rings. The van der Waals surface area contributed by atoms with Crippen LogP contribution in [0.1, 0.15) is 68.2 Å². The van der Waals surface area contributed by atoms with Gasteiger partial charge in [0, 0.05) is 11.1 Å². The van der Waals surface area contributed by atoms with E-state index in [1.165, 1.54) is 41.8 Å². The van der Waals surface area contributed by atoms with Crippen LogP contribution in [0.15, 0.2) is 133 Å². The third-order valence-corrected chi connectivity index (χ3v) is 11.6. The summed E-state index contributed by atoms with van der Waals surface area (Å²) in [5, 5.41) is 4.13. The second-order valence-corrected chi connectivity index (χ2v) is 16.4. The zero-order valence-corrected chi connectivity index (χ0v) is 36.2. The predicted molar refractivity (Wildman–Crippen MR) is 241 cm³/mol. The molecule has 0 heterocycles. The molecule has 0 nitrogen and oxygen atoms in total. The van der Waals surface area contributed by atoms with Gasteiger partial charge >= 0.3 is 12.4 Å². The third kappa shape index (κ3) is 11.2. The minimum atomic E-state index is -5.18. The number of unbranched alkanes of at least 4 members (excludes halogenated alkanes) is 3. The quantitative estimate of drug-likeness (QED) is 0.0896. The first-order chi connectivity index (χ1) is 31.8. The molecule has 0 saturated carbocycles. The highest BCUT2D eigenvalue weighted by molar-refractivity contribution is 5.89. The largest absolute Gasteiger partial charge is 0.422 e. The molecule has 0 aliphatic heterocycles. The molecule has 0 aliphatic rings. The number of benzene rings is 8. The summed E-state index contributed by atoms with van der Waals surface area (Å²) in [6.07, 6.45) is -2.62. The summed E-state index contributed by atoms with van der Waals surface area (Å²) < 4.78 is 162. The van der Waals surface area contributed by atoms with Crippen molar-refractivity contribution in [2.45, 2.75) is 71.1 Å². The fourth-order valence-corrected chi connectivity index (χ4v) is 8.08. The van der Waals surface area contributed by atoms with Gasteiger partial charge in [0.25, 0.3) is 0 Å².